The number of aromatic nitrogens is 4. The third kappa shape index (κ3) is 4.97. The van der Waals surface area contributed by atoms with Crippen molar-refractivity contribution in [3.8, 4) is 0 Å². The van der Waals surface area contributed by atoms with Gasteiger partial charge in [-0.15, -0.1) is 0 Å². The van der Waals surface area contributed by atoms with E-state index in [-0.39, 0.29) is 0 Å². The first kappa shape index (κ1) is 21.0. The number of hydrogen-bond acceptors (Lipinski definition) is 4. The maximum absolute atomic E-state index is 12.1. The van der Waals surface area contributed by atoms with E-state index >= 15 is 0 Å². The van der Waals surface area contributed by atoms with Gasteiger partial charge >= 0.3 is 24.3 Å². The Morgan fingerprint density at radius 2 is 1.08 bits per heavy atom. The van der Waals surface area contributed by atoms with E-state index in [4.69, 9.17) is 10.2 Å². The first-order valence-corrected chi connectivity index (χ1v) is 6.32. The number of nitrogens with zero attached hydrogens (tertiary/aromatic N) is 4. The van der Waals surface area contributed by atoms with Gasteiger partial charge in [0.1, 0.15) is 11.1 Å². The molecular formula is C12H10F6N4O4. The van der Waals surface area contributed by atoms with Crippen LogP contribution in [0.3, 0.4) is 0 Å². The van der Waals surface area contributed by atoms with Crippen LogP contribution in [0.15, 0.2) is 12.4 Å². The van der Waals surface area contributed by atoms with Crippen molar-refractivity contribution >= 4 is 11.9 Å². The lowest BCUT2D eigenvalue weighted by Gasteiger charge is -2.02. The standard InChI is InChI=1S/2C6H5F3N2O2/c2*1-11-2-3(5(12)13)4(10-11)6(7,8)9/h2*2H,1H3,(H,12,13). The fourth-order valence-corrected chi connectivity index (χ4v) is 1.71. The zero-order valence-corrected chi connectivity index (χ0v) is 12.9. The second kappa shape index (κ2) is 7.05. The fraction of sp³-hybridized carbons (Fsp3) is 0.333. The van der Waals surface area contributed by atoms with Crippen molar-refractivity contribution < 1.29 is 46.1 Å². The Kier molecular flexibility index (Phi) is 5.69. The molecule has 14 heteroatoms. The second-order valence-corrected chi connectivity index (χ2v) is 4.74. The van der Waals surface area contributed by atoms with Crippen molar-refractivity contribution in [3.05, 3.63) is 34.9 Å². The molecule has 2 aromatic rings. The molecule has 0 amide bonds. The highest BCUT2D eigenvalue weighted by molar-refractivity contribution is 5.89. The molecule has 0 fully saturated rings. The van der Waals surface area contributed by atoms with Crippen LogP contribution in [0.25, 0.3) is 0 Å². The maximum Gasteiger partial charge on any atom is 0.436 e. The van der Waals surface area contributed by atoms with Gasteiger partial charge in [-0.1, -0.05) is 0 Å². The highest BCUT2D eigenvalue weighted by Gasteiger charge is 2.39. The van der Waals surface area contributed by atoms with Gasteiger partial charge in [0.25, 0.3) is 0 Å². The molecule has 2 N–H and O–H groups in total. The van der Waals surface area contributed by atoms with Crippen LogP contribution in [0.5, 0.6) is 0 Å². The molecule has 0 atom stereocenters. The molecular weight excluding hydrogens is 378 g/mol. The number of carboxylic acid groups (broad SMARTS) is 2. The van der Waals surface area contributed by atoms with Crippen molar-refractivity contribution in [1.29, 1.82) is 0 Å². The predicted octanol–water partition coefficient (Wildman–Crippen LogP) is 2.27. The maximum atomic E-state index is 12.1. The van der Waals surface area contributed by atoms with Gasteiger partial charge in [-0.25, -0.2) is 9.59 Å². The third-order valence-electron chi connectivity index (χ3n) is 2.66. The summed E-state index contributed by atoms with van der Waals surface area (Å²) >= 11 is 0. The van der Waals surface area contributed by atoms with Gasteiger partial charge in [0.05, 0.1) is 0 Å². The van der Waals surface area contributed by atoms with E-state index in [2.05, 4.69) is 10.2 Å². The topological polar surface area (TPSA) is 110 Å². The summed E-state index contributed by atoms with van der Waals surface area (Å²) in [5.74, 6) is -3.28. The van der Waals surface area contributed by atoms with Gasteiger partial charge in [0.15, 0.2) is 11.4 Å². The summed E-state index contributed by atoms with van der Waals surface area (Å²) in [4.78, 5) is 20.7. The molecule has 0 unspecified atom stereocenters. The first-order chi connectivity index (χ1) is 11.6. The van der Waals surface area contributed by atoms with E-state index in [1.54, 1.807) is 0 Å². The van der Waals surface area contributed by atoms with E-state index in [0.717, 1.165) is 21.8 Å². The zero-order valence-electron chi connectivity index (χ0n) is 12.9. The van der Waals surface area contributed by atoms with Gasteiger partial charge in [0.2, 0.25) is 0 Å². The Balaban J connectivity index is 0.000000260. The average molecular weight is 388 g/mol. The van der Waals surface area contributed by atoms with Crippen molar-refractivity contribution in [2.45, 2.75) is 12.4 Å². The monoisotopic (exact) mass is 388 g/mol. The van der Waals surface area contributed by atoms with E-state index in [9.17, 15) is 35.9 Å². The summed E-state index contributed by atoms with van der Waals surface area (Å²) in [7, 11) is 2.45. The molecule has 0 saturated carbocycles. The van der Waals surface area contributed by atoms with Crippen molar-refractivity contribution in [2.75, 3.05) is 0 Å². The molecule has 0 spiro atoms. The Hall–Kier alpha value is -3.06. The van der Waals surface area contributed by atoms with Crippen LogP contribution >= 0.6 is 0 Å². The number of aromatic carboxylic acids is 2. The summed E-state index contributed by atoms with van der Waals surface area (Å²) < 4.78 is 74.1. The number of hydrogen-bond donors (Lipinski definition) is 2. The van der Waals surface area contributed by atoms with E-state index in [1.807, 2.05) is 0 Å². The Morgan fingerprint density at radius 1 is 0.808 bits per heavy atom. The highest BCUT2D eigenvalue weighted by Crippen LogP contribution is 2.31. The smallest absolute Gasteiger partial charge is 0.436 e. The van der Waals surface area contributed by atoms with E-state index < -0.39 is 46.8 Å². The minimum atomic E-state index is -4.73. The molecule has 2 heterocycles. The minimum Gasteiger partial charge on any atom is -0.478 e. The molecule has 0 bridgehead atoms. The molecule has 144 valence electrons. The zero-order chi connectivity index (χ0) is 20.4. The molecule has 0 saturated heterocycles. The SMILES string of the molecule is Cn1cc(C(=O)O)c(C(F)(F)F)n1.Cn1cc(C(=O)O)c(C(F)(F)F)n1. The Bertz CT molecular complexity index is 753. The summed E-state index contributed by atoms with van der Waals surface area (Å²) in [6, 6.07) is 0. The number of carbonyl (C=O) groups is 2. The largest absolute Gasteiger partial charge is 0.478 e. The quantitative estimate of drug-likeness (QED) is 0.764. The molecule has 0 aliphatic carbocycles. The molecule has 2 rings (SSSR count). The van der Waals surface area contributed by atoms with Crippen LogP contribution in [-0.2, 0) is 26.4 Å². The van der Waals surface area contributed by atoms with E-state index in [1.165, 1.54) is 14.1 Å². The normalized spacial score (nSPS) is 11.7. The molecule has 2 aromatic heterocycles. The number of rotatable bonds is 2. The van der Waals surface area contributed by atoms with Crippen LogP contribution in [0.4, 0.5) is 26.3 Å². The van der Waals surface area contributed by atoms with Crippen LogP contribution < -0.4 is 0 Å². The molecule has 26 heavy (non-hydrogen) atoms. The Morgan fingerprint density at radius 3 is 1.23 bits per heavy atom. The second-order valence-electron chi connectivity index (χ2n) is 4.74. The lowest BCUT2D eigenvalue weighted by atomic mass is 10.2. The van der Waals surface area contributed by atoms with Gasteiger partial charge in [-0.05, 0) is 0 Å². The van der Waals surface area contributed by atoms with Gasteiger partial charge in [-0.2, -0.15) is 36.5 Å². The van der Waals surface area contributed by atoms with Crippen LogP contribution in [0, 0.1) is 0 Å². The van der Waals surface area contributed by atoms with Crippen LogP contribution in [0.2, 0.25) is 0 Å². The summed E-state index contributed by atoms with van der Waals surface area (Å²) in [5, 5.41) is 22.8. The van der Waals surface area contributed by atoms with Crippen LogP contribution in [0.1, 0.15) is 32.1 Å². The minimum absolute atomic E-state index is 0.811. The molecule has 0 aromatic carbocycles. The molecule has 8 nitrogen and oxygen atoms in total. The van der Waals surface area contributed by atoms with Crippen molar-refractivity contribution in [1.82, 2.24) is 19.6 Å². The molecule has 0 radical (unpaired) electrons. The number of aryl methyl sites for hydroxylation is 2. The lowest BCUT2D eigenvalue weighted by Crippen LogP contribution is -2.12. The number of carboxylic acids is 2. The number of alkyl halides is 6. The highest BCUT2D eigenvalue weighted by atomic mass is 19.4. The fourth-order valence-electron chi connectivity index (χ4n) is 1.71. The van der Waals surface area contributed by atoms with Crippen LogP contribution in [-0.4, -0.2) is 41.7 Å². The summed E-state index contributed by atoms with van der Waals surface area (Å²) in [6.07, 6.45) is -7.83. The third-order valence-corrected chi connectivity index (χ3v) is 2.66. The van der Waals surface area contributed by atoms with Crippen molar-refractivity contribution in [3.63, 3.8) is 0 Å². The van der Waals surface area contributed by atoms with Crippen molar-refractivity contribution in [2.24, 2.45) is 14.1 Å². The van der Waals surface area contributed by atoms with Gasteiger partial charge in [-0.3, -0.25) is 9.36 Å². The Labute approximate surface area is 140 Å². The first-order valence-electron chi connectivity index (χ1n) is 6.32. The molecule has 0 aliphatic heterocycles. The number of halogens is 6. The van der Waals surface area contributed by atoms with Gasteiger partial charge < -0.3 is 10.2 Å². The average Bonchev–Trinajstić information content (AvgIpc) is 3.01. The predicted molar refractivity (Wildman–Crippen MR) is 70.3 cm³/mol. The van der Waals surface area contributed by atoms with E-state index in [0.29, 0.717) is 0 Å². The lowest BCUT2D eigenvalue weighted by molar-refractivity contribution is -0.142. The summed E-state index contributed by atoms with van der Waals surface area (Å²) in [5.41, 5.74) is -4.42. The summed E-state index contributed by atoms with van der Waals surface area (Å²) in [6.45, 7) is 0. The molecule has 0 aliphatic rings. The van der Waals surface area contributed by atoms with Gasteiger partial charge in [0, 0.05) is 26.5 Å².